The summed E-state index contributed by atoms with van der Waals surface area (Å²) in [5.41, 5.74) is 22.8. The highest BCUT2D eigenvalue weighted by atomic mass is 31.3. The van der Waals surface area contributed by atoms with Gasteiger partial charge in [-0.2, -0.15) is 8.62 Å². The van der Waals surface area contributed by atoms with E-state index in [4.69, 9.17) is 61.5 Å². The normalized spacial score (nSPS) is 25.1. The molecule has 0 aromatic carbocycles. The largest absolute Gasteiger partial charge is 0.481 e. The van der Waals surface area contributed by atoms with Crippen LogP contribution in [0.5, 0.6) is 0 Å². The van der Waals surface area contributed by atoms with Crippen molar-refractivity contribution in [2.75, 3.05) is 50.9 Å². The molecule has 0 aliphatic carbocycles. The van der Waals surface area contributed by atoms with Crippen LogP contribution in [0.15, 0.2) is 25.3 Å². The number of hydrogen-bond donors (Lipinski definition) is 14. The summed E-state index contributed by atoms with van der Waals surface area (Å²) >= 11 is 0. The lowest BCUT2D eigenvalue weighted by atomic mass is 10.1. The summed E-state index contributed by atoms with van der Waals surface area (Å²) in [6.07, 6.45) is -8.64. The van der Waals surface area contributed by atoms with E-state index in [9.17, 15) is 47.8 Å². The standard InChI is InChI=1S/2C13H21N7O11P2/c14-1-2-16-13(22)30-9-6(3-28-33(26,27)31-32(23,24)25)29-12(8(9)21)20-5-19-7-10(15)17-4-18-11(7)20;14-1-2-16-13(22)30-9-8(21)6(3-28-33(26,27)31-32(23,24)25)29-12(9)20-5-19-7-10(15)17-4-18-11(7)20/h2*4-6,8-9,12,21H,1-3,14H2,(H,16,22)(H,26,27)(H2,15,17,18)(H2,23,24,25). The van der Waals surface area contributed by atoms with Gasteiger partial charge in [-0.25, -0.2) is 57.8 Å². The quantitative estimate of drug-likeness (QED) is 0.0421. The molecule has 2 fully saturated rings. The molecule has 4 aromatic heterocycles. The lowest BCUT2D eigenvalue weighted by molar-refractivity contribution is -0.0522. The Kier molecular flexibility index (Phi) is 17.2. The van der Waals surface area contributed by atoms with Crippen LogP contribution >= 0.6 is 31.3 Å². The highest BCUT2D eigenvalue weighted by Gasteiger charge is 2.51. The van der Waals surface area contributed by atoms with Gasteiger partial charge in [0.05, 0.1) is 25.9 Å². The minimum atomic E-state index is -5.37. The number of nitrogens with two attached hydrogens (primary N) is 4. The van der Waals surface area contributed by atoms with Crippen LogP contribution in [0.25, 0.3) is 22.3 Å². The first kappa shape index (κ1) is 52.5. The molecule has 10 atom stereocenters. The Morgan fingerprint density at radius 3 is 1.52 bits per heavy atom. The average Bonchev–Trinajstić information content (AvgIpc) is 3.98. The van der Waals surface area contributed by atoms with Gasteiger partial charge in [0.1, 0.15) is 48.1 Å². The Balaban J connectivity index is 0.000000247. The molecule has 6 heterocycles. The van der Waals surface area contributed by atoms with Crippen LogP contribution in [-0.2, 0) is 54.9 Å². The third-order valence-corrected chi connectivity index (χ3v) is 12.8. The fourth-order valence-electron chi connectivity index (χ4n) is 5.88. The van der Waals surface area contributed by atoms with E-state index in [1.54, 1.807) is 0 Å². The molecule has 36 nitrogen and oxygen atoms in total. The summed E-state index contributed by atoms with van der Waals surface area (Å²) in [6.45, 7) is -1.41. The van der Waals surface area contributed by atoms with E-state index in [1.165, 1.54) is 21.8 Å². The minimum Gasteiger partial charge on any atom is -0.440 e. The number of alkyl carbamates (subject to hydrolysis) is 2. The van der Waals surface area contributed by atoms with Crippen LogP contribution < -0.4 is 33.6 Å². The van der Waals surface area contributed by atoms with Crippen molar-refractivity contribution in [3.05, 3.63) is 25.3 Å². The third kappa shape index (κ3) is 13.8. The number of carbonyl (C=O) groups is 2. The van der Waals surface area contributed by atoms with Gasteiger partial charge < -0.3 is 92.1 Å². The molecule has 2 amide bonds. The number of anilines is 2. The van der Waals surface area contributed by atoms with Crippen molar-refractivity contribution < 1.29 is 104 Å². The number of nitrogens with one attached hydrogen (secondary N) is 2. The summed E-state index contributed by atoms with van der Waals surface area (Å²) in [5, 5.41) is 26.1. The van der Waals surface area contributed by atoms with E-state index in [1.807, 2.05) is 0 Å². The molecule has 2 aliphatic rings. The van der Waals surface area contributed by atoms with Gasteiger partial charge in [-0.05, 0) is 0 Å². The zero-order chi connectivity index (χ0) is 48.8. The van der Waals surface area contributed by atoms with Gasteiger partial charge in [-0.15, -0.1) is 0 Å². The molecule has 0 saturated carbocycles. The molecule has 40 heteroatoms. The maximum Gasteiger partial charge on any atom is 0.481 e. The lowest BCUT2D eigenvalue weighted by Crippen LogP contribution is -2.42. The second kappa shape index (κ2) is 21.6. The zero-order valence-electron chi connectivity index (χ0n) is 33.1. The highest BCUT2D eigenvalue weighted by molar-refractivity contribution is 7.61. The monoisotopic (exact) mass is 1030 g/mol. The number of hydrogen-bond acceptors (Lipinski definition) is 26. The number of ether oxygens (including phenoxy) is 4. The summed E-state index contributed by atoms with van der Waals surface area (Å²) in [6, 6.07) is 0. The number of phosphoric acid groups is 4. The van der Waals surface area contributed by atoms with Gasteiger partial charge in [0.2, 0.25) is 0 Å². The summed E-state index contributed by atoms with van der Waals surface area (Å²) in [4.78, 5) is 102. The predicted octanol–water partition coefficient (Wildman–Crippen LogP) is -4.11. The second-order valence-electron chi connectivity index (χ2n) is 13.1. The average molecular weight is 1030 g/mol. The number of nitrogen functional groups attached to an aromatic ring is 2. The van der Waals surface area contributed by atoms with Crippen molar-refractivity contribution in [3.8, 4) is 0 Å². The van der Waals surface area contributed by atoms with Crippen molar-refractivity contribution in [1.82, 2.24) is 49.7 Å². The minimum absolute atomic E-state index is 0.0474. The first-order valence-corrected chi connectivity index (χ1v) is 24.2. The Labute approximate surface area is 367 Å². The van der Waals surface area contributed by atoms with Gasteiger partial charge in [-0.3, -0.25) is 18.2 Å². The summed E-state index contributed by atoms with van der Waals surface area (Å²) in [7, 11) is -21.2. The molecule has 18 N–H and O–H groups in total. The maximum absolute atomic E-state index is 12.1. The molecule has 6 rings (SSSR count). The third-order valence-electron chi connectivity index (χ3n) is 8.48. The topological polar surface area (TPSA) is 553 Å². The molecule has 2 aliphatic heterocycles. The van der Waals surface area contributed by atoms with Crippen molar-refractivity contribution in [2.45, 2.75) is 49.1 Å². The summed E-state index contributed by atoms with van der Waals surface area (Å²) < 4.78 is 85.8. The van der Waals surface area contributed by atoms with E-state index in [0.717, 1.165) is 12.7 Å². The van der Waals surface area contributed by atoms with Gasteiger partial charge in [0, 0.05) is 26.2 Å². The molecule has 10 unspecified atom stereocenters. The Hall–Kier alpha value is -4.48. The van der Waals surface area contributed by atoms with Crippen molar-refractivity contribution in [1.29, 1.82) is 0 Å². The number of phosphoric ester groups is 2. The van der Waals surface area contributed by atoms with Gasteiger partial charge in [-0.1, -0.05) is 0 Å². The van der Waals surface area contributed by atoms with Crippen LogP contribution in [0.2, 0.25) is 0 Å². The lowest BCUT2D eigenvalue weighted by Gasteiger charge is -2.22. The number of aromatic nitrogens is 8. The highest BCUT2D eigenvalue weighted by Crippen LogP contribution is 2.59. The van der Waals surface area contributed by atoms with E-state index in [0.29, 0.717) is 0 Å². The number of rotatable bonds is 18. The molecular weight excluding hydrogens is 984 g/mol. The SMILES string of the molecule is NCCNC(=O)OC1C(COP(=O)(O)OP(=O)(O)O)OC(n2cnc3c(N)ncnc32)C1O.NCCNC(=O)OC1C(O)C(COP(=O)(O)OP(=O)(O)O)OC1n1cnc2c(N)ncnc21. The molecule has 368 valence electrons. The van der Waals surface area contributed by atoms with Crippen LogP contribution in [-0.4, -0.2) is 167 Å². The number of carbonyl (C=O) groups excluding carboxylic acids is 2. The molecule has 0 bridgehead atoms. The molecular formula is C26H42N14O22P4. The van der Waals surface area contributed by atoms with Crippen molar-refractivity contribution in [3.63, 3.8) is 0 Å². The maximum atomic E-state index is 12.1. The number of aliphatic hydroxyl groups is 2. The number of nitrogens with zero attached hydrogens (tertiary/aromatic N) is 8. The van der Waals surface area contributed by atoms with E-state index >= 15 is 0 Å². The fraction of sp³-hybridized carbons (Fsp3) is 0.538. The number of imidazole rings is 2. The van der Waals surface area contributed by atoms with E-state index < -0.39 is 106 Å². The van der Waals surface area contributed by atoms with E-state index in [-0.39, 0.29) is 60.1 Å². The molecule has 0 spiro atoms. The zero-order valence-corrected chi connectivity index (χ0v) is 36.7. The van der Waals surface area contributed by atoms with Crippen LogP contribution in [0.3, 0.4) is 0 Å². The van der Waals surface area contributed by atoms with E-state index in [2.05, 4.69) is 58.2 Å². The smallest absolute Gasteiger partial charge is 0.440 e. The fourth-order valence-corrected chi connectivity index (χ4v) is 9.08. The second-order valence-corrected chi connectivity index (χ2v) is 18.8. The Morgan fingerprint density at radius 2 is 1.06 bits per heavy atom. The molecule has 4 aromatic rings. The van der Waals surface area contributed by atoms with Crippen LogP contribution in [0, 0.1) is 0 Å². The number of fused-ring (bicyclic) bond motifs is 2. The van der Waals surface area contributed by atoms with Crippen LogP contribution in [0.1, 0.15) is 12.5 Å². The van der Waals surface area contributed by atoms with Crippen molar-refractivity contribution >= 4 is 77.4 Å². The van der Waals surface area contributed by atoms with Gasteiger partial charge in [0.25, 0.3) is 0 Å². The molecule has 2 saturated heterocycles. The Bertz CT molecular complexity index is 2530. The van der Waals surface area contributed by atoms with Gasteiger partial charge >= 0.3 is 43.5 Å². The van der Waals surface area contributed by atoms with Crippen molar-refractivity contribution in [2.24, 2.45) is 11.5 Å². The summed E-state index contributed by atoms with van der Waals surface area (Å²) in [5.74, 6) is 0.0991. The molecule has 66 heavy (non-hydrogen) atoms. The van der Waals surface area contributed by atoms with Gasteiger partial charge in [0.15, 0.2) is 47.6 Å². The molecule has 0 radical (unpaired) electrons. The Morgan fingerprint density at radius 1 is 0.636 bits per heavy atom. The first-order chi connectivity index (χ1) is 30.8. The van der Waals surface area contributed by atoms with Crippen LogP contribution in [0.4, 0.5) is 21.2 Å². The number of amides is 2. The first-order valence-electron chi connectivity index (χ1n) is 18.1. The predicted molar refractivity (Wildman–Crippen MR) is 212 cm³/mol. The number of aliphatic hydroxyl groups excluding tert-OH is 2.